The highest BCUT2D eigenvalue weighted by molar-refractivity contribution is 5.77. The van der Waals surface area contributed by atoms with Crippen LogP contribution in [0.15, 0.2) is 24.3 Å². The van der Waals surface area contributed by atoms with Crippen molar-refractivity contribution in [1.29, 1.82) is 0 Å². The second-order valence-corrected chi connectivity index (χ2v) is 5.21. The van der Waals surface area contributed by atoms with E-state index in [0.29, 0.717) is 5.92 Å². The summed E-state index contributed by atoms with van der Waals surface area (Å²) in [7, 11) is 0. The van der Waals surface area contributed by atoms with Crippen molar-refractivity contribution in [3.63, 3.8) is 0 Å². The van der Waals surface area contributed by atoms with Crippen LogP contribution in [-0.4, -0.2) is 11.1 Å². The number of fused-ring (bicyclic) bond motifs is 1. The van der Waals surface area contributed by atoms with Crippen molar-refractivity contribution < 1.29 is 9.90 Å². The van der Waals surface area contributed by atoms with Gasteiger partial charge >= 0.3 is 5.97 Å². The topological polar surface area (TPSA) is 37.3 Å². The van der Waals surface area contributed by atoms with E-state index in [1.54, 1.807) is 0 Å². The van der Waals surface area contributed by atoms with Gasteiger partial charge in [0.2, 0.25) is 0 Å². The monoisotopic (exact) mass is 216 g/mol. The van der Waals surface area contributed by atoms with Gasteiger partial charge in [0, 0.05) is 0 Å². The Balaban J connectivity index is 1.98. The van der Waals surface area contributed by atoms with Gasteiger partial charge in [-0.2, -0.15) is 0 Å². The molecule has 0 amide bonds. The smallest absolute Gasteiger partial charge is 0.310 e. The van der Waals surface area contributed by atoms with E-state index in [2.05, 4.69) is 12.1 Å². The van der Waals surface area contributed by atoms with Crippen LogP contribution in [-0.2, 0) is 17.6 Å². The molecular weight excluding hydrogens is 200 g/mol. The van der Waals surface area contributed by atoms with E-state index in [4.69, 9.17) is 0 Å². The first-order valence-corrected chi connectivity index (χ1v) is 6.02. The third kappa shape index (κ3) is 1.22. The zero-order valence-corrected chi connectivity index (χ0v) is 9.28. The van der Waals surface area contributed by atoms with Crippen LogP contribution in [0.5, 0.6) is 0 Å². The molecule has 0 heterocycles. The zero-order valence-electron chi connectivity index (χ0n) is 9.28. The molecule has 0 aliphatic heterocycles. The molecule has 1 saturated carbocycles. The fourth-order valence-corrected chi connectivity index (χ4v) is 3.22. The lowest BCUT2D eigenvalue weighted by Crippen LogP contribution is -2.42. The molecule has 1 N–H and O–H groups in total. The van der Waals surface area contributed by atoms with Crippen LogP contribution in [0.4, 0.5) is 0 Å². The summed E-state index contributed by atoms with van der Waals surface area (Å²) in [6.45, 7) is 0. The fraction of sp³-hybridized carbons (Fsp3) is 0.500. The van der Waals surface area contributed by atoms with Gasteiger partial charge in [-0.3, -0.25) is 4.79 Å². The Kier molecular flexibility index (Phi) is 2.06. The lowest BCUT2D eigenvalue weighted by atomic mass is 9.63. The molecule has 1 aromatic carbocycles. The van der Waals surface area contributed by atoms with E-state index in [9.17, 15) is 9.90 Å². The van der Waals surface area contributed by atoms with Gasteiger partial charge in [0.25, 0.3) is 0 Å². The number of carbonyl (C=O) groups is 1. The highest BCUT2D eigenvalue weighted by atomic mass is 16.4. The number of rotatable bonds is 2. The molecule has 1 aromatic rings. The molecule has 3 rings (SSSR count). The maximum atomic E-state index is 11.6. The highest BCUT2D eigenvalue weighted by Crippen LogP contribution is 2.50. The Hall–Kier alpha value is -1.31. The fourth-order valence-electron chi connectivity index (χ4n) is 3.22. The minimum absolute atomic E-state index is 0.400. The Morgan fingerprint density at radius 1 is 1.19 bits per heavy atom. The zero-order chi connectivity index (χ0) is 11.2. The van der Waals surface area contributed by atoms with Crippen LogP contribution >= 0.6 is 0 Å². The number of aliphatic carboxylic acids is 1. The second kappa shape index (κ2) is 3.34. The van der Waals surface area contributed by atoms with E-state index in [1.807, 2.05) is 12.1 Å². The van der Waals surface area contributed by atoms with Gasteiger partial charge < -0.3 is 5.11 Å². The summed E-state index contributed by atoms with van der Waals surface area (Å²) < 4.78 is 0. The Morgan fingerprint density at radius 2 is 1.75 bits per heavy atom. The molecule has 0 aromatic heterocycles. The minimum atomic E-state index is -0.589. The van der Waals surface area contributed by atoms with E-state index in [-0.39, 0.29) is 0 Å². The molecule has 0 saturated heterocycles. The molecular formula is C14H16O2. The maximum absolute atomic E-state index is 11.6. The summed E-state index contributed by atoms with van der Waals surface area (Å²) in [5.74, 6) is -0.189. The van der Waals surface area contributed by atoms with Crippen molar-refractivity contribution in [3.05, 3.63) is 35.4 Å². The molecule has 2 aliphatic carbocycles. The molecule has 1 fully saturated rings. The third-order valence-electron chi connectivity index (χ3n) is 4.44. The largest absolute Gasteiger partial charge is 0.481 e. The van der Waals surface area contributed by atoms with E-state index in [0.717, 1.165) is 25.7 Å². The number of benzene rings is 1. The first-order valence-electron chi connectivity index (χ1n) is 6.02. The molecule has 0 spiro atoms. The van der Waals surface area contributed by atoms with E-state index < -0.39 is 11.4 Å². The van der Waals surface area contributed by atoms with Gasteiger partial charge in [-0.05, 0) is 42.7 Å². The maximum Gasteiger partial charge on any atom is 0.310 e. The predicted octanol–water partition coefficient (Wildman–Crippen LogP) is 2.66. The van der Waals surface area contributed by atoms with E-state index in [1.165, 1.54) is 17.5 Å². The van der Waals surface area contributed by atoms with Crippen molar-refractivity contribution in [2.24, 2.45) is 11.3 Å². The summed E-state index contributed by atoms with van der Waals surface area (Å²) in [6.07, 6.45) is 4.88. The minimum Gasteiger partial charge on any atom is -0.481 e. The van der Waals surface area contributed by atoms with Crippen LogP contribution < -0.4 is 0 Å². The molecule has 0 radical (unpaired) electrons. The van der Waals surface area contributed by atoms with E-state index >= 15 is 0 Å². The summed E-state index contributed by atoms with van der Waals surface area (Å²) in [5, 5.41) is 9.57. The number of carboxylic acids is 1. The van der Waals surface area contributed by atoms with Crippen molar-refractivity contribution in [2.75, 3.05) is 0 Å². The SMILES string of the molecule is O=C(O)C1(C2CCC2)Cc2ccccc2C1. The van der Waals surface area contributed by atoms with Crippen molar-refractivity contribution in [1.82, 2.24) is 0 Å². The summed E-state index contributed by atoms with van der Waals surface area (Å²) in [6, 6.07) is 8.19. The summed E-state index contributed by atoms with van der Waals surface area (Å²) in [5.41, 5.74) is 2.01. The van der Waals surface area contributed by atoms with Gasteiger partial charge in [0.15, 0.2) is 0 Å². The van der Waals surface area contributed by atoms with Crippen LogP contribution in [0.25, 0.3) is 0 Å². The molecule has 2 nitrogen and oxygen atoms in total. The predicted molar refractivity (Wildman–Crippen MR) is 61.3 cm³/mol. The average molecular weight is 216 g/mol. The standard InChI is InChI=1S/C14H16O2/c15-13(16)14(12-6-3-7-12)8-10-4-1-2-5-11(10)9-14/h1-2,4-5,12H,3,6-9H2,(H,15,16). The Bertz CT molecular complexity index is 407. The van der Waals surface area contributed by atoms with Gasteiger partial charge in [0.1, 0.15) is 0 Å². The Morgan fingerprint density at radius 3 is 2.12 bits per heavy atom. The van der Waals surface area contributed by atoms with Crippen LogP contribution in [0.2, 0.25) is 0 Å². The third-order valence-corrected chi connectivity index (χ3v) is 4.44. The first kappa shape index (κ1) is 9.88. The van der Waals surface area contributed by atoms with Crippen LogP contribution in [0.1, 0.15) is 30.4 Å². The van der Waals surface area contributed by atoms with Crippen LogP contribution in [0.3, 0.4) is 0 Å². The molecule has 0 unspecified atom stereocenters. The molecule has 84 valence electrons. The lowest BCUT2D eigenvalue weighted by Gasteiger charge is -2.39. The number of carboxylic acid groups (broad SMARTS) is 1. The highest BCUT2D eigenvalue weighted by Gasteiger charge is 2.51. The normalized spacial score (nSPS) is 22.5. The molecule has 0 bridgehead atoms. The van der Waals surface area contributed by atoms with Gasteiger partial charge in [-0.15, -0.1) is 0 Å². The molecule has 0 atom stereocenters. The molecule has 2 heteroatoms. The van der Waals surface area contributed by atoms with Crippen molar-refractivity contribution in [3.8, 4) is 0 Å². The lowest BCUT2D eigenvalue weighted by molar-refractivity contribution is -0.154. The van der Waals surface area contributed by atoms with Crippen LogP contribution in [0, 0.1) is 11.3 Å². The van der Waals surface area contributed by atoms with Crippen molar-refractivity contribution in [2.45, 2.75) is 32.1 Å². The molecule has 2 aliphatic rings. The van der Waals surface area contributed by atoms with Gasteiger partial charge in [-0.1, -0.05) is 30.7 Å². The quantitative estimate of drug-likeness (QED) is 0.825. The average Bonchev–Trinajstić information content (AvgIpc) is 2.54. The van der Waals surface area contributed by atoms with Crippen molar-refractivity contribution >= 4 is 5.97 Å². The first-order chi connectivity index (χ1) is 7.72. The summed E-state index contributed by atoms with van der Waals surface area (Å²) >= 11 is 0. The summed E-state index contributed by atoms with van der Waals surface area (Å²) in [4.78, 5) is 11.6. The van der Waals surface area contributed by atoms with Gasteiger partial charge in [-0.25, -0.2) is 0 Å². The number of hydrogen-bond acceptors (Lipinski definition) is 1. The second-order valence-electron chi connectivity index (χ2n) is 5.21. The van der Waals surface area contributed by atoms with Gasteiger partial charge in [0.05, 0.1) is 5.41 Å². The Labute approximate surface area is 95.3 Å². The molecule has 16 heavy (non-hydrogen) atoms. The number of hydrogen-bond donors (Lipinski definition) is 1.